The molecule has 0 aliphatic carbocycles. The summed E-state index contributed by atoms with van der Waals surface area (Å²) in [7, 11) is 0. The number of nitrogens with one attached hydrogen (secondary N) is 1. The zero-order chi connectivity index (χ0) is 12.3. The minimum Gasteiger partial charge on any atom is -0.478 e. The summed E-state index contributed by atoms with van der Waals surface area (Å²) < 4.78 is 5.22. The molecule has 0 atom stereocenters. The van der Waals surface area contributed by atoms with E-state index in [4.69, 9.17) is 21.4 Å². The van der Waals surface area contributed by atoms with Crippen LogP contribution in [0.1, 0.15) is 10.4 Å². The van der Waals surface area contributed by atoms with E-state index in [0.29, 0.717) is 23.9 Å². The van der Waals surface area contributed by atoms with Crippen molar-refractivity contribution in [2.24, 2.45) is 0 Å². The number of hydrogen-bond acceptors (Lipinski definition) is 4. The number of hydrogen-bond donors (Lipinski definition) is 2. The smallest absolute Gasteiger partial charge is 0.337 e. The standard InChI is InChI=1S/C11H13ClN2O3/c12-8-1-2-10(9(7-8)11(15)16)13-14-3-5-17-6-4-14/h1-2,7,13H,3-6H2,(H,15,16). The van der Waals surface area contributed by atoms with Gasteiger partial charge in [-0.3, -0.25) is 0 Å². The van der Waals surface area contributed by atoms with Crippen molar-refractivity contribution in [2.75, 3.05) is 31.7 Å². The Hall–Kier alpha value is -1.30. The Morgan fingerprint density at radius 1 is 1.41 bits per heavy atom. The number of halogens is 1. The molecule has 1 heterocycles. The van der Waals surface area contributed by atoms with E-state index in [0.717, 1.165) is 13.1 Å². The number of ether oxygens (including phenoxy) is 1. The van der Waals surface area contributed by atoms with E-state index in [-0.39, 0.29) is 5.56 Å². The molecule has 0 aromatic heterocycles. The van der Waals surface area contributed by atoms with E-state index in [1.54, 1.807) is 12.1 Å². The van der Waals surface area contributed by atoms with Gasteiger partial charge >= 0.3 is 5.97 Å². The van der Waals surface area contributed by atoms with Gasteiger partial charge < -0.3 is 15.3 Å². The maximum Gasteiger partial charge on any atom is 0.337 e. The molecule has 0 amide bonds. The van der Waals surface area contributed by atoms with Crippen LogP contribution in [0.4, 0.5) is 5.69 Å². The van der Waals surface area contributed by atoms with E-state index in [1.807, 2.05) is 5.01 Å². The monoisotopic (exact) mass is 256 g/mol. The van der Waals surface area contributed by atoms with Gasteiger partial charge in [0.15, 0.2) is 0 Å². The number of nitrogens with zero attached hydrogens (tertiary/aromatic N) is 1. The molecule has 1 fully saturated rings. The fraction of sp³-hybridized carbons (Fsp3) is 0.364. The third-order valence-corrected chi connectivity index (χ3v) is 2.74. The molecule has 1 aliphatic rings. The van der Waals surface area contributed by atoms with Gasteiger partial charge in [-0.25, -0.2) is 9.80 Å². The molecule has 0 bridgehead atoms. The average molecular weight is 257 g/mol. The van der Waals surface area contributed by atoms with Crippen LogP contribution in [0.2, 0.25) is 5.02 Å². The summed E-state index contributed by atoms with van der Waals surface area (Å²) in [6.45, 7) is 2.73. The van der Waals surface area contributed by atoms with Gasteiger partial charge in [-0.15, -0.1) is 0 Å². The van der Waals surface area contributed by atoms with Crippen molar-refractivity contribution in [2.45, 2.75) is 0 Å². The Morgan fingerprint density at radius 2 is 2.12 bits per heavy atom. The molecule has 2 N–H and O–H groups in total. The summed E-state index contributed by atoms with van der Waals surface area (Å²) in [5, 5.41) is 11.4. The minimum atomic E-state index is -0.997. The van der Waals surface area contributed by atoms with Gasteiger partial charge in [0.25, 0.3) is 0 Å². The first-order chi connectivity index (χ1) is 8.16. The largest absolute Gasteiger partial charge is 0.478 e. The topological polar surface area (TPSA) is 61.8 Å². The number of aromatic carboxylic acids is 1. The number of rotatable bonds is 3. The molecule has 0 spiro atoms. The SMILES string of the molecule is O=C(O)c1cc(Cl)ccc1NN1CCOCC1. The van der Waals surface area contributed by atoms with Gasteiger partial charge in [0, 0.05) is 18.1 Å². The highest BCUT2D eigenvalue weighted by Gasteiger charge is 2.15. The second-order valence-corrected chi connectivity index (χ2v) is 4.14. The van der Waals surface area contributed by atoms with Crippen molar-refractivity contribution in [3.63, 3.8) is 0 Å². The third-order valence-electron chi connectivity index (χ3n) is 2.50. The van der Waals surface area contributed by atoms with Crippen LogP contribution >= 0.6 is 11.6 Å². The quantitative estimate of drug-likeness (QED) is 0.862. The van der Waals surface area contributed by atoms with E-state index >= 15 is 0 Å². The summed E-state index contributed by atoms with van der Waals surface area (Å²) in [5.41, 5.74) is 3.79. The normalized spacial score (nSPS) is 16.8. The van der Waals surface area contributed by atoms with Gasteiger partial charge in [-0.05, 0) is 18.2 Å². The molecule has 1 aromatic rings. The fourth-order valence-corrected chi connectivity index (χ4v) is 1.81. The molecule has 92 valence electrons. The zero-order valence-electron chi connectivity index (χ0n) is 9.15. The van der Waals surface area contributed by atoms with Crippen molar-refractivity contribution in [3.05, 3.63) is 28.8 Å². The summed E-state index contributed by atoms with van der Waals surface area (Å²) in [4.78, 5) is 11.1. The number of carboxylic acid groups (broad SMARTS) is 1. The molecule has 1 aromatic carbocycles. The molecule has 17 heavy (non-hydrogen) atoms. The number of hydrazine groups is 1. The Bertz CT molecular complexity index is 419. The molecular weight excluding hydrogens is 244 g/mol. The fourth-order valence-electron chi connectivity index (χ4n) is 1.64. The highest BCUT2D eigenvalue weighted by atomic mass is 35.5. The van der Waals surface area contributed by atoms with Crippen LogP contribution in [0.25, 0.3) is 0 Å². The highest BCUT2D eigenvalue weighted by Crippen LogP contribution is 2.21. The number of benzene rings is 1. The summed E-state index contributed by atoms with van der Waals surface area (Å²) in [6.07, 6.45) is 0. The number of carbonyl (C=O) groups is 1. The Labute approximate surface area is 104 Å². The van der Waals surface area contributed by atoms with Crippen LogP contribution in [0, 0.1) is 0 Å². The summed E-state index contributed by atoms with van der Waals surface area (Å²) in [5.74, 6) is -0.997. The molecule has 1 saturated heterocycles. The minimum absolute atomic E-state index is 0.170. The van der Waals surface area contributed by atoms with Crippen LogP contribution in [0.5, 0.6) is 0 Å². The Balaban J connectivity index is 2.16. The molecule has 0 radical (unpaired) electrons. The van der Waals surface area contributed by atoms with Gasteiger partial charge in [0.2, 0.25) is 0 Å². The lowest BCUT2D eigenvalue weighted by Gasteiger charge is -2.28. The lowest BCUT2D eigenvalue weighted by atomic mass is 10.2. The highest BCUT2D eigenvalue weighted by molar-refractivity contribution is 6.31. The van der Waals surface area contributed by atoms with Crippen LogP contribution in [0.3, 0.4) is 0 Å². The number of anilines is 1. The second-order valence-electron chi connectivity index (χ2n) is 3.71. The Kier molecular flexibility index (Phi) is 3.83. The van der Waals surface area contributed by atoms with Crippen LogP contribution in [-0.4, -0.2) is 42.4 Å². The predicted molar refractivity (Wildman–Crippen MR) is 64.4 cm³/mol. The van der Waals surface area contributed by atoms with Crippen molar-refractivity contribution in [1.29, 1.82) is 0 Å². The van der Waals surface area contributed by atoms with Crippen molar-refractivity contribution >= 4 is 23.3 Å². The summed E-state index contributed by atoms with van der Waals surface area (Å²) >= 11 is 5.78. The molecule has 2 rings (SSSR count). The van der Waals surface area contributed by atoms with Crippen LogP contribution in [-0.2, 0) is 4.74 Å². The van der Waals surface area contributed by atoms with Crippen LogP contribution < -0.4 is 5.43 Å². The average Bonchev–Trinajstić information content (AvgIpc) is 2.32. The van der Waals surface area contributed by atoms with Crippen molar-refractivity contribution < 1.29 is 14.6 Å². The predicted octanol–water partition coefficient (Wildman–Crippen LogP) is 1.70. The first-order valence-electron chi connectivity index (χ1n) is 5.29. The molecule has 6 heteroatoms. The Morgan fingerprint density at radius 3 is 2.76 bits per heavy atom. The van der Waals surface area contributed by atoms with E-state index in [2.05, 4.69) is 5.43 Å². The van der Waals surface area contributed by atoms with E-state index in [1.165, 1.54) is 6.07 Å². The van der Waals surface area contributed by atoms with Gasteiger partial charge in [-0.2, -0.15) is 0 Å². The lowest BCUT2D eigenvalue weighted by molar-refractivity contribution is 0.0495. The molecule has 0 saturated carbocycles. The van der Waals surface area contributed by atoms with E-state index < -0.39 is 5.97 Å². The van der Waals surface area contributed by atoms with E-state index in [9.17, 15) is 4.79 Å². The second kappa shape index (κ2) is 5.35. The molecule has 1 aliphatic heterocycles. The first-order valence-corrected chi connectivity index (χ1v) is 5.67. The maximum atomic E-state index is 11.1. The van der Waals surface area contributed by atoms with Crippen LogP contribution in [0.15, 0.2) is 18.2 Å². The number of morpholine rings is 1. The zero-order valence-corrected chi connectivity index (χ0v) is 9.91. The van der Waals surface area contributed by atoms with Gasteiger partial charge in [0.05, 0.1) is 24.5 Å². The number of carboxylic acids is 1. The molecule has 0 unspecified atom stereocenters. The first kappa shape index (κ1) is 12.2. The third kappa shape index (κ3) is 3.09. The van der Waals surface area contributed by atoms with Gasteiger partial charge in [0.1, 0.15) is 0 Å². The summed E-state index contributed by atoms with van der Waals surface area (Å²) in [6, 6.07) is 4.77. The lowest BCUT2D eigenvalue weighted by Crippen LogP contribution is -2.40. The molecule has 5 nitrogen and oxygen atoms in total. The molecular formula is C11H13ClN2O3. The maximum absolute atomic E-state index is 11.1. The van der Waals surface area contributed by atoms with Crippen molar-refractivity contribution in [1.82, 2.24) is 5.01 Å². The van der Waals surface area contributed by atoms with Gasteiger partial charge in [-0.1, -0.05) is 11.6 Å². The van der Waals surface area contributed by atoms with Crippen molar-refractivity contribution in [3.8, 4) is 0 Å².